The van der Waals surface area contributed by atoms with Crippen molar-refractivity contribution in [2.45, 2.75) is 26.4 Å². The Hall–Kier alpha value is -1.36. The molecule has 94 valence electrons. The van der Waals surface area contributed by atoms with Gasteiger partial charge in [-0.1, -0.05) is 6.92 Å². The number of hydrogen-bond donors (Lipinski definition) is 1. The van der Waals surface area contributed by atoms with Gasteiger partial charge in [0.15, 0.2) is 0 Å². The Labute approximate surface area is 102 Å². The predicted octanol–water partition coefficient (Wildman–Crippen LogP) is 1.31. The van der Waals surface area contributed by atoms with E-state index in [-0.39, 0.29) is 6.10 Å². The minimum atomic E-state index is 0.265. The summed E-state index contributed by atoms with van der Waals surface area (Å²) in [5, 5.41) is 3.13. The van der Waals surface area contributed by atoms with E-state index in [0.717, 1.165) is 37.8 Å². The van der Waals surface area contributed by atoms with Crippen LogP contribution in [0.5, 0.6) is 0 Å². The molecule has 0 saturated carbocycles. The molecule has 17 heavy (non-hydrogen) atoms. The topological polar surface area (TPSA) is 50.3 Å². The molecule has 0 radical (unpaired) electrons. The van der Waals surface area contributed by atoms with Crippen LogP contribution >= 0.6 is 0 Å². The molecule has 2 heterocycles. The highest BCUT2D eigenvalue weighted by Crippen LogP contribution is 2.25. The van der Waals surface area contributed by atoms with Crippen molar-refractivity contribution in [1.29, 1.82) is 0 Å². The minimum absolute atomic E-state index is 0.265. The molecule has 1 aromatic heterocycles. The van der Waals surface area contributed by atoms with E-state index in [1.807, 2.05) is 7.05 Å². The highest BCUT2D eigenvalue weighted by molar-refractivity contribution is 5.58. The zero-order valence-electron chi connectivity index (χ0n) is 10.7. The number of hydrogen-bond acceptors (Lipinski definition) is 5. The molecule has 0 spiro atoms. The second-order valence-corrected chi connectivity index (χ2v) is 4.26. The zero-order chi connectivity index (χ0) is 12.3. The summed E-state index contributed by atoms with van der Waals surface area (Å²) in [7, 11) is 1.90. The van der Waals surface area contributed by atoms with E-state index in [4.69, 9.17) is 4.74 Å². The second-order valence-electron chi connectivity index (χ2n) is 4.26. The van der Waals surface area contributed by atoms with Gasteiger partial charge in [0.1, 0.15) is 18.0 Å². The molecule has 1 N–H and O–H groups in total. The van der Waals surface area contributed by atoms with Gasteiger partial charge in [-0.3, -0.25) is 0 Å². The first-order valence-electron chi connectivity index (χ1n) is 6.14. The van der Waals surface area contributed by atoms with Crippen molar-refractivity contribution in [2.75, 3.05) is 37.0 Å². The summed E-state index contributed by atoms with van der Waals surface area (Å²) in [4.78, 5) is 11.0. The molecule has 5 heteroatoms. The van der Waals surface area contributed by atoms with E-state index in [0.29, 0.717) is 0 Å². The third-order valence-corrected chi connectivity index (χ3v) is 3.05. The summed E-state index contributed by atoms with van der Waals surface area (Å²) in [5.74, 6) is 1.97. The Kier molecular flexibility index (Phi) is 3.78. The quantitative estimate of drug-likeness (QED) is 0.857. The van der Waals surface area contributed by atoms with Crippen molar-refractivity contribution < 1.29 is 4.74 Å². The van der Waals surface area contributed by atoms with E-state index in [1.54, 1.807) is 6.33 Å². The molecule has 5 nitrogen and oxygen atoms in total. The number of ether oxygens (including phenoxy) is 1. The Morgan fingerprint density at radius 2 is 2.35 bits per heavy atom. The van der Waals surface area contributed by atoms with E-state index >= 15 is 0 Å². The summed E-state index contributed by atoms with van der Waals surface area (Å²) in [6.45, 7) is 6.79. The van der Waals surface area contributed by atoms with Gasteiger partial charge in [-0.15, -0.1) is 0 Å². The van der Waals surface area contributed by atoms with Gasteiger partial charge in [-0.25, -0.2) is 9.97 Å². The number of aromatic nitrogens is 2. The van der Waals surface area contributed by atoms with Crippen molar-refractivity contribution in [3.8, 4) is 0 Å². The van der Waals surface area contributed by atoms with Gasteiger partial charge in [0.25, 0.3) is 0 Å². The fraction of sp³-hybridized carbons (Fsp3) is 0.667. The first-order chi connectivity index (χ1) is 8.26. The second kappa shape index (κ2) is 5.31. The molecule has 1 aromatic rings. The molecule has 0 amide bonds. The molecule has 1 unspecified atom stereocenters. The molecule has 1 saturated heterocycles. The van der Waals surface area contributed by atoms with Gasteiger partial charge in [-0.2, -0.15) is 0 Å². The van der Waals surface area contributed by atoms with Gasteiger partial charge >= 0.3 is 0 Å². The summed E-state index contributed by atoms with van der Waals surface area (Å²) in [6.07, 6.45) is 2.82. The highest BCUT2D eigenvalue weighted by Gasteiger charge is 2.21. The fourth-order valence-corrected chi connectivity index (χ4v) is 2.23. The van der Waals surface area contributed by atoms with Crippen molar-refractivity contribution >= 4 is 11.6 Å². The average molecular weight is 236 g/mol. The van der Waals surface area contributed by atoms with Crippen molar-refractivity contribution in [1.82, 2.24) is 9.97 Å². The van der Waals surface area contributed by atoms with Gasteiger partial charge in [-0.05, 0) is 13.3 Å². The molecule has 1 atom stereocenters. The Morgan fingerprint density at radius 3 is 3.00 bits per heavy atom. The molecule has 1 aliphatic rings. The molecule has 0 bridgehead atoms. The lowest BCUT2D eigenvalue weighted by atomic mass is 10.2. The van der Waals surface area contributed by atoms with Crippen LogP contribution in [0, 0.1) is 0 Å². The zero-order valence-corrected chi connectivity index (χ0v) is 10.7. The number of anilines is 2. The lowest BCUT2D eigenvalue weighted by Gasteiger charge is -2.33. The molecule has 1 aliphatic heterocycles. The number of rotatable bonds is 3. The summed E-state index contributed by atoms with van der Waals surface area (Å²) in [6, 6.07) is 0. The summed E-state index contributed by atoms with van der Waals surface area (Å²) >= 11 is 0. The Balaban J connectivity index is 2.30. The van der Waals surface area contributed by atoms with E-state index < -0.39 is 0 Å². The number of morpholine rings is 1. The largest absolute Gasteiger partial charge is 0.375 e. The monoisotopic (exact) mass is 236 g/mol. The third kappa shape index (κ3) is 2.49. The van der Waals surface area contributed by atoms with Crippen LogP contribution in [-0.2, 0) is 11.2 Å². The Morgan fingerprint density at radius 1 is 1.53 bits per heavy atom. The van der Waals surface area contributed by atoms with E-state index in [2.05, 4.69) is 34.0 Å². The van der Waals surface area contributed by atoms with Crippen molar-refractivity contribution in [2.24, 2.45) is 0 Å². The van der Waals surface area contributed by atoms with Crippen molar-refractivity contribution in [3.05, 3.63) is 11.9 Å². The van der Waals surface area contributed by atoms with Crippen LogP contribution in [0.25, 0.3) is 0 Å². The fourth-order valence-electron chi connectivity index (χ4n) is 2.23. The van der Waals surface area contributed by atoms with Crippen LogP contribution in [0.15, 0.2) is 6.33 Å². The van der Waals surface area contributed by atoms with Crippen LogP contribution in [0.4, 0.5) is 11.6 Å². The average Bonchev–Trinajstić information content (AvgIpc) is 2.37. The van der Waals surface area contributed by atoms with Crippen LogP contribution in [0.2, 0.25) is 0 Å². The lowest BCUT2D eigenvalue weighted by molar-refractivity contribution is 0.0529. The lowest BCUT2D eigenvalue weighted by Crippen LogP contribution is -2.42. The third-order valence-electron chi connectivity index (χ3n) is 3.05. The van der Waals surface area contributed by atoms with Gasteiger partial charge in [0, 0.05) is 25.7 Å². The van der Waals surface area contributed by atoms with Crippen LogP contribution < -0.4 is 10.2 Å². The normalized spacial score (nSPS) is 20.4. The molecule has 0 aliphatic carbocycles. The van der Waals surface area contributed by atoms with Gasteiger partial charge in [0.05, 0.1) is 12.7 Å². The predicted molar refractivity (Wildman–Crippen MR) is 68.6 cm³/mol. The highest BCUT2D eigenvalue weighted by atomic mass is 16.5. The van der Waals surface area contributed by atoms with Gasteiger partial charge < -0.3 is 15.0 Å². The summed E-state index contributed by atoms with van der Waals surface area (Å²) in [5.41, 5.74) is 1.18. The van der Waals surface area contributed by atoms with Crippen molar-refractivity contribution in [3.63, 3.8) is 0 Å². The molecular formula is C12H20N4O. The van der Waals surface area contributed by atoms with E-state index in [1.165, 1.54) is 5.56 Å². The smallest absolute Gasteiger partial charge is 0.137 e. The maximum Gasteiger partial charge on any atom is 0.137 e. The van der Waals surface area contributed by atoms with Crippen LogP contribution in [-0.4, -0.2) is 42.8 Å². The summed E-state index contributed by atoms with van der Waals surface area (Å²) < 4.78 is 5.56. The molecule has 1 fully saturated rings. The number of nitrogens with zero attached hydrogens (tertiary/aromatic N) is 3. The first kappa shape index (κ1) is 12.1. The maximum atomic E-state index is 5.56. The number of nitrogens with one attached hydrogen (secondary N) is 1. The molecular weight excluding hydrogens is 216 g/mol. The standard InChI is InChI=1S/C12H20N4O/c1-4-10-11(13-3)14-8-15-12(10)16-5-6-17-9(2)7-16/h8-9H,4-7H2,1-3H3,(H,13,14,15). The minimum Gasteiger partial charge on any atom is -0.375 e. The van der Waals surface area contributed by atoms with E-state index in [9.17, 15) is 0 Å². The van der Waals surface area contributed by atoms with Gasteiger partial charge in [0.2, 0.25) is 0 Å². The maximum absolute atomic E-state index is 5.56. The SMILES string of the molecule is CCc1c(NC)ncnc1N1CCOC(C)C1. The van der Waals surface area contributed by atoms with Crippen LogP contribution in [0.1, 0.15) is 19.4 Å². The molecule has 2 rings (SSSR count). The Bertz CT molecular complexity index is 383. The first-order valence-corrected chi connectivity index (χ1v) is 6.14. The van der Waals surface area contributed by atoms with Crippen LogP contribution in [0.3, 0.4) is 0 Å². The molecule has 0 aromatic carbocycles.